The molecule has 2 aliphatic rings. The van der Waals surface area contributed by atoms with Gasteiger partial charge in [-0.3, -0.25) is 4.57 Å². The van der Waals surface area contributed by atoms with Gasteiger partial charge in [-0.15, -0.1) is 0 Å². The first-order valence-electron chi connectivity index (χ1n) is 19.9. The van der Waals surface area contributed by atoms with Crippen molar-refractivity contribution in [1.82, 2.24) is 14.1 Å². The second kappa shape index (κ2) is 11.9. The molecule has 8 aromatic carbocycles. The number of pyridine rings is 1. The SMILES string of the molecule is c1ccc(-c2cc(-c3ccccc3)nc(-n3c4ccccc4c4cc5c(cc43)C3(c4ccccc4S5)c4ccccc4-n4c5ccccc5c5cccc3c54)c2)cc1. The predicted octanol–water partition coefficient (Wildman–Crippen LogP) is 13.8. The molecule has 4 heteroatoms. The highest BCUT2D eigenvalue weighted by Gasteiger charge is 2.49. The largest absolute Gasteiger partial charge is 0.309 e. The van der Waals surface area contributed by atoms with Crippen molar-refractivity contribution in [2.24, 2.45) is 0 Å². The van der Waals surface area contributed by atoms with Gasteiger partial charge in [0.2, 0.25) is 0 Å². The lowest BCUT2D eigenvalue weighted by atomic mass is 9.62. The Morgan fingerprint density at radius 3 is 1.81 bits per heavy atom. The summed E-state index contributed by atoms with van der Waals surface area (Å²) in [6.45, 7) is 0. The molecule has 0 saturated heterocycles. The first-order valence-corrected chi connectivity index (χ1v) is 20.7. The summed E-state index contributed by atoms with van der Waals surface area (Å²) in [4.78, 5) is 8.07. The Morgan fingerprint density at radius 2 is 1.00 bits per heavy atom. The van der Waals surface area contributed by atoms with Gasteiger partial charge in [0.25, 0.3) is 0 Å². The smallest absolute Gasteiger partial charge is 0.138 e. The van der Waals surface area contributed by atoms with E-state index >= 15 is 0 Å². The molecule has 270 valence electrons. The topological polar surface area (TPSA) is 22.8 Å². The third-order valence-electron chi connectivity index (χ3n) is 12.6. The van der Waals surface area contributed by atoms with E-state index in [9.17, 15) is 0 Å². The summed E-state index contributed by atoms with van der Waals surface area (Å²) in [7, 11) is 0. The molecule has 3 nitrogen and oxygen atoms in total. The van der Waals surface area contributed by atoms with Crippen molar-refractivity contribution < 1.29 is 0 Å². The monoisotopic (exact) mass is 755 g/mol. The van der Waals surface area contributed by atoms with Gasteiger partial charge in [0.15, 0.2) is 0 Å². The molecule has 0 amide bonds. The van der Waals surface area contributed by atoms with Gasteiger partial charge < -0.3 is 4.57 Å². The van der Waals surface area contributed by atoms with Crippen molar-refractivity contribution in [1.29, 1.82) is 0 Å². The molecule has 0 aliphatic carbocycles. The quantitative estimate of drug-likeness (QED) is 0.179. The zero-order valence-corrected chi connectivity index (χ0v) is 32.1. The molecule has 5 heterocycles. The molecular formula is C54H33N3S. The van der Waals surface area contributed by atoms with E-state index in [0.29, 0.717) is 0 Å². The normalized spacial score (nSPS) is 15.2. The Bertz CT molecular complexity index is 3430. The lowest BCUT2D eigenvalue weighted by Crippen LogP contribution is -2.37. The highest BCUT2D eigenvalue weighted by Crippen LogP contribution is 2.61. The third kappa shape index (κ3) is 4.22. The number of aromatic nitrogens is 3. The Kier molecular flexibility index (Phi) is 6.59. The Hall–Kier alpha value is -7.14. The van der Waals surface area contributed by atoms with Crippen molar-refractivity contribution in [3.8, 4) is 33.9 Å². The first kappa shape index (κ1) is 32.0. The summed E-state index contributed by atoms with van der Waals surface area (Å²) in [5, 5.41) is 5.00. The minimum atomic E-state index is -0.582. The van der Waals surface area contributed by atoms with Crippen LogP contribution < -0.4 is 0 Å². The highest BCUT2D eigenvalue weighted by atomic mass is 32.2. The van der Waals surface area contributed by atoms with Crippen LogP contribution in [0.2, 0.25) is 0 Å². The molecule has 0 fully saturated rings. The molecule has 1 atom stereocenters. The van der Waals surface area contributed by atoms with E-state index in [4.69, 9.17) is 4.98 Å². The van der Waals surface area contributed by atoms with Crippen molar-refractivity contribution in [2.45, 2.75) is 15.2 Å². The Balaban J connectivity index is 1.18. The van der Waals surface area contributed by atoms with E-state index in [0.717, 1.165) is 39.2 Å². The zero-order chi connectivity index (χ0) is 38.0. The molecule has 0 radical (unpaired) electrons. The van der Waals surface area contributed by atoms with Crippen LogP contribution in [0.15, 0.2) is 210 Å². The zero-order valence-electron chi connectivity index (χ0n) is 31.3. The van der Waals surface area contributed by atoms with Gasteiger partial charge in [-0.2, -0.15) is 0 Å². The minimum absolute atomic E-state index is 0.582. The fourth-order valence-electron chi connectivity index (χ4n) is 10.2. The van der Waals surface area contributed by atoms with Crippen LogP contribution in [0.5, 0.6) is 0 Å². The lowest BCUT2D eigenvalue weighted by Gasteiger charge is -2.45. The summed E-state index contributed by atoms with van der Waals surface area (Å²) in [6.07, 6.45) is 0. The van der Waals surface area contributed by atoms with E-state index in [1.54, 1.807) is 0 Å². The van der Waals surface area contributed by atoms with Gasteiger partial charge >= 0.3 is 0 Å². The molecule has 1 unspecified atom stereocenters. The van der Waals surface area contributed by atoms with Crippen LogP contribution in [-0.4, -0.2) is 14.1 Å². The maximum Gasteiger partial charge on any atom is 0.138 e. The summed E-state index contributed by atoms with van der Waals surface area (Å²) in [6, 6.07) is 73.6. The maximum absolute atomic E-state index is 5.50. The third-order valence-corrected chi connectivity index (χ3v) is 13.7. The summed E-state index contributed by atoms with van der Waals surface area (Å²) < 4.78 is 4.93. The van der Waals surface area contributed by atoms with E-state index in [1.165, 1.54) is 70.3 Å². The molecule has 0 saturated carbocycles. The summed E-state index contributed by atoms with van der Waals surface area (Å²) in [5.41, 5.74) is 15.0. The van der Waals surface area contributed by atoms with Crippen LogP contribution in [0.1, 0.15) is 22.3 Å². The van der Waals surface area contributed by atoms with Crippen LogP contribution in [0.3, 0.4) is 0 Å². The van der Waals surface area contributed by atoms with E-state index < -0.39 is 5.41 Å². The predicted molar refractivity (Wildman–Crippen MR) is 240 cm³/mol. The fraction of sp³-hybridized carbons (Fsp3) is 0.0185. The number of nitrogens with zero attached hydrogens (tertiary/aromatic N) is 3. The number of hydrogen-bond donors (Lipinski definition) is 0. The Morgan fingerprint density at radius 1 is 0.379 bits per heavy atom. The van der Waals surface area contributed by atoms with Gasteiger partial charge in [-0.1, -0.05) is 163 Å². The second-order valence-electron chi connectivity index (χ2n) is 15.5. The summed E-state index contributed by atoms with van der Waals surface area (Å²) in [5.74, 6) is 0.899. The highest BCUT2D eigenvalue weighted by molar-refractivity contribution is 7.99. The summed E-state index contributed by atoms with van der Waals surface area (Å²) >= 11 is 1.90. The number of rotatable bonds is 3. The molecule has 11 aromatic rings. The average Bonchev–Trinajstić information content (AvgIpc) is 3.81. The Labute approximate surface area is 339 Å². The molecule has 58 heavy (non-hydrogen) atoms. The molecule has 3 aromatic heterocycles. The van der Waals surface area contributed by atoms with Gasteiger partial charge in [0.1, 0.15) is 5.82 Å². The maximum atomic E-state index is 5.50. The standard InChI is InChI=1S/C54H33N3S/c1-3-16-34(17-4-1)36-30-45(35-18-5-2-6-19-35)55-52(31-36)56-46-26-11-8-21-38(46)40-32-51-44(33-49(40)56)54(42-24-10-14-29-50(42)58-51)41-23-9-13-28-48(41)57-47-27-12-7-20-37(47)39-22-15-25-43(54)53(39)57/h1-33H. The van der Waals surface area contributed by atoms with E-state index in [1.807, 2.05) is 11.8 Å². The second-order valence-corrected chi connectivity index (χ2v) is 16.6. The number of hydrogen-bond acceptors (Lipinski definition) is 2. The van der Waals surface area contributed by atoms with Crippen LogP contribution in [0.4, 0.5) is 0 Å². The average molecular weight is 756 g/mol. The fourth-order valence-corrected chi connectivity index (χ4v) is 11.4. The lowest BCUT2D eigenvalue weighted by molar-refractivity contribution is 0.690. The van der Waals surface area contributed by atoms with Crippen LogP contribution in [0, 0.1) is 0 Å². The van der Waals surface area contributed by atoms with Crippen LogP contribution >= 0.6 is 11.8 Å². The minimum Gasteiger partial charge on any atom is -0.309 e. The molecule has 0 N–H and O–H groups in total. The van der Waals surface area contributed by atoms with Crippen molar-refractivity contribution in [3.63, 3.8) is 0 Å². The van der Waals surface area contributed by atoms with Crippen molar-refractivity contribution >= 4 is 55.4 Å². The van der Waals surface area contributed by atoms with Crippen LogP contribution in [0.25, 0.3) is 77.5 Å². The van der Waals surface area contributed by atoms with Crippen molar-refractivity contribution in [2.75, 3.05) is 0 Å². The van der Waals surface area contributed by atoms with Gasteiger partial charge in [-0.05, 0) is 81.9 Å². The van der Waals surface area contributed by atoms with E-state index in [2.05, 4.69) is 209 Å². The molecule has 13 rings (SSSR count). The van der Waals surface area contributed by atoms with E-state index in [-0.39, 0.29) is 0 Å². The molecule has 2 aliphatic heterocycles. The van der Waals surface area contributed by atoms with Crippen LogP contribution in [-0.2, 0) is 5.41 Å². The first-order chi connectivity index (χ1) is 28.8. The number of fused-ring (bicyclic) bond motifs is 14. The number of benzene rings is 8. The molecule has 1 spiro atoms. The van der Waals surface area contributed by atoms with Gasteiger partial charge in [-0.25, -0.2) is 4.98 Å². The van der Waals surface area contributed by atoms with Gasteiger partial charge in [0, 0.05) is 36.9 Å². The molecule has 0 bridgehead atoms. The van der Waals surface area contributed by atoms with Gasteiger partial charge in [0.05, 0.1) is 38.9 Å². The number of para-hydroxylation sites is 4. The van der Waals surface area contributed by atoms with Crippen molar-refractivity contribution in [3.05, 3.63) is 222 Å². The molecular weight excluding hydrogens is 723 g/mol.